The summed E-state index contributed by atoms with van der Waals surface area (Å²) in [6.07, 6.45) is 0. The lowest BCUT2D eigenvalue weighted by molar-refractivity contribution is -0.0905. The molecule has 0 spiro atoms. The third-order valence-electron chi connectivity index (χ3n) is 4.31. The van der Waals surface area contributed by atoms with Crippen molar-refractivity contribution in [2.24, 2.45) is 4.99 Å². The van der Waals surface area contributed by atoms with E-state index in [0.29, 0.717) is 31.5 Å². The van der Waals surface area contributed by atoms with E-state index in [1.165, 1.54) is 18.2 Å². The molecule has 0 bridgehead atoms. The second-order valence-electron chi connectivity index (χ2n) is 7.21. The van der Waals surface area contributed by atoms with Crippen molar-refractivity contribution < 1.29 is 19.3 Å². The van der Waals surface area contributed by atoms with E-state index >= 15 is 0 Å². The fraction of sp³-hybridized carbons (Fsp3) is 0.471. The van der Waals surface area contributed by atoms with E-state index < -0.39 is 11.4 Å². The van der Waals surface area contributed by atoms with Gasteiger partial charge in [-0.05, 0) is 58.3 Å². The molecule has 29 heavy (non-hydrogen) atoms. The van der Waals surface area contributed by atoms with Gasteiger partial charge in [-0.3, -0.25) is 15.6 Å². The number of anilines is 1. The maximum Gasteiger partial charge on any atom is 0.202 e. The molecule has 1 aliphatic heterocycles. The summed E-state index contributed by atoms with van der Waals surface area (Å²) in [5, 5.41) is 33.8. The van der Waals surface area contributed by atoms with Gasteiger partial charge in [-0.2, -0.15) is 0 Å². The molecule has 5 N–H and O–H groups in total. The van der Waals surface area contributed by atoms with Crippen LogP contribution < -0.4 is 16.1 Å². The number of aromatic nitrogens is 2. The molecule has 3 rings (SSSR count). The first-order valence-electron chi connectivity index (χ1n) is 8.98. The molecule has 158 valence electrons. The highest BCUT2D eigenvalue weighted by Gasteiger charge is 2.41. The van der Waals surface area contributed by atoms with Crippen LogP contribution in [0, 0.1) is 5.82 Å². The van der Waals surface area contributed by atoms with Crippen LogP contribution in [0.15, 0.2) is 32.3 Å². The Morgan fingerprint density at radius 2 is 2.17 bits per heavy atom. The number of nitrogens with zero attached hydrogens (tertiary/aromatic N) is 4. The zero-order valence-electron chi connectivity index (χ0n) is 16.0. The Bertz CT molecular complexity index is 870. The lowest BCUT2D eigenvalue weighted by Gasteiger charge is -2.46. The molecule has 1 aromatic heterocycles. The number of nitrogens with one attached hydrogen (secondary N) is 3. The van der Waals surface area contributed by atoms with Crippen molar-refractivity contribution in [3.8, 4) is 0 Å². The highest BCUT2D eigenvalue weighted by molar-refractivity contribution is 9.10. The second-order valence-corrected chi connectivity index (χ2v) is 8.07. The quantitative estimate of drug-likeness (QED) is 0.220. The van der Waals surface area contributed by atoms with Crippen molar-refractivity contribution in [2.45, 2.75) is 25.5 Å². The predicted molar refractivity (Wildman–Crippen MR) is 108 cm³/mol. The fourth-order valence-electron chi connectivity index (χ4n) is 2.84. The van der Waals surface area contributed by atoms with Crippen LogP contribution in [0.2, 0.25) is 0 Å². The van der Waals surface area contributed by atoms with Crippen molar-refractivity contribution in [1.82, 2.24) is 26.0 Å². The van der Waals surface area contributed by atoms with Crippen molar-refractivity contribution in [3.05, 3.63) is 34.2 Å². The van der Waals surface area contributed by atoms with Crippen LogP contribution in [-0.2, 0) is 0 Å². The summed E-state index contributed by atoms with van der Waals surface area (Å²) in [5.74, 6) is -0.270. The van der Waals surface area contributed by atoms with Crippen LogP contribution in [0.25, 0.3) is 0 Å². The molecule has 2 heterocycles. The molecule has 1 saturated heterocycles. The summed E-state index contributed by atoms with van der Waals surface area (Å²) >= 11 is 3.08. The van der Waals surface area contributed by atoms with Crippen molar-refractivity contribution in [3.63, 3.8) is 0 Å². The van der Waals surface area contributed by atoms with Gasteiger partial charge < -0.3 is 15.7 Å². The van der Waals surface area contributed by atoms with Gasteiger partial charge >= 0.3 is 0 Å². The molecule has 0 saturated carbocycles. The summed E-state index contributed by atoms with van der Waals surface area (Å²) in [4.78, 5) is 6.27. The van der Waals surface area contributed by atoms with E-state index in [1.807, 2.05) is 5.48 Å². The topological polar surface area (TPSA) is 131 Å². The Labute approximate surface area is 175 Å². The maximum atomic E-state index is 13.4. The Hall–Kier alpha value is -2.12. The highest BCUT2D eigenvalue weighted by Crippen LogP contribution is 2.24. The van der Waals surface area contributed by atoms with Crippen LogP contribution in [0.3, 0.4) is 0 Å². The van der Waals surface area contributed by atoms with E-state index in [-0.39, 0.29) is 28.4 Å². The zero-order chi connectivity index (χ0) is 21.0. The smallest absolute Gasteiger partial charge is 0.202 e. The highest BCUT2D eigenvalue weighted by atomic mass is 79.9. The SMILES string of the molecule is CC(C)NCN1CC(O)(CNc2nonc2C(=Nc2ccc(F)c(Br)c2)NO)C1. The molecule has 10 nitrogen and oxygen atoms in total. The minimum Gasteiger partial charge on any atom is -0.385 e. The summed E-state index contributed by atoms with van der Waals surface area (Å²) < 4.78 is 18.4. The minimum atomic E-state index is -0.916. The van der Waals surface area contributed by atoms with Gasteiger partial charge in [-0.1, -0.05) is 0 Å². The van der Waals surface area contributed by atoms with Crippen LogP contribution >= 0.6 is 15.9 Å². The average Bonchev–Trinajstić information content (AvgIpc) is 3.12. The molecular formula is C17H23BrFN7O3. The van der Waals surface area contributed by atoms with Gasteiger partial charge in [-0.25, -0.2) is 14.0 Å². The van der Waals surface area contributed by atoms with E-state index in [2.05, 4.69) is 60.6 Å². The number of amidine groups is 1. The van der Waals surface area contributed by atoms with Crippen LogP contribution in [0.1, 0.15) is 19.5 Å². The van der Waals surface area contributed by atoms with Gasteiger partial charge in [0.25, 0.3) is 0 Å². The van der Waals surface area contributed by atoms with Crippen molar-refractivity contribution in [1.29, 1.82) is 0 Å². The van der Waals surface area contributed by atoms with Crippen LogP contribution in [0.5, 0.6) is 0 Å². The fourth-order valence-corrected chi connectivity index (χ4v) is 3.21. The standard InChI is InChI=1S/C17H23BrFN7O3/c1-10(2)21-9-26-7-17(27,8-26)6-20-15-14(24-29-25-15)16(23-28)22-11-3-4-13(19)12(18)5-11/h3-5,10,21,27-28H,6-9H2,1-2H3,(H,20,25)(H,22,23). The van der Waals surface area contributed by atoms with Gasteiger partial charge in [0.05, 0.1) is 10.2 Å². The van der Waals surface area contributed by atoms with Gasteiger partial charge in [0, 0.05) is 32.3 Å². The molecule has 0 unspecified atom stereocenters. The number of hydrogen-bond donors (Lipinski definition) is 5. The van der Waals surface area contributed by atoms with Crippen molar-refractivity contribution >= 4 is 33.3 Å². The molecule has 1 aliphatic rings. The molecule has 12 heteroatoms. The Balaban J connectivity index is 1.64. The van der Waals surface area contributed by atoms with Gasteiger partial charge in [0.1, 0.15) is 11.4 Å². The molecule has 0 radical (unpaired) electrons. The third kappa shape index (κ3) is 5.48. The lowest BCUT2D eigenvalue weighted by Crippen LogP contribution is -2.66. The first kappa shape index (κ1) is 21.6. The third-order valence-corrected chi connectivity index (χ3v) is 4.91. The van der Waals surface area contributed by atoms with Crippen LogP contribution in [0.4, 0.5) is 15.9 Å². The summed E-state index contributed by atoms with van der Waals surface area (Å²) in [7, 11) is 0. The van der Waals surface area contributed by atoms with Gasteiger partial charge in [-0.15, -0.1) is 0 Å². The normalized spacial score (nSPS) is 16.7. The number of halogens is 2. The number of hydroxylamine groups is 1. The monoisotopic (exact) mass is 471 g/mol. The molecule has 0 aliphatic carbocycles. The summed E-state index contributed by atoms with van der Waals surface area (Å²) in [6.45, 7) is 6.05. The zero-order valence-corrected chi connectivity index (χ0v) is 17.6. The van der Waals surface area contributed by atoms with E-state index in [9.17, 15) is 14.7 Å². The first-order valence-corrected chi connectivity index (χ1v) is 9.78. The second kappa shape index (κ2) is 9.13. The largest absolute Gasteiger partial charge is 0.385 e. The first-order chi connectivity index (χ1) is 13.8. The summed E-state index contributed by atoms with van der Waals surface area (Å²) in [5.41, 5.74) is 1.52. The molecule has 0 atom stereocenters. The van der Waals surface area contributed by atoms with Crippen molar-refractivity contribution in [2.75, 3.05) is 31.6 Å². The number of benzene rings is 1. The summed E-state index contributed by atoms with van der Waals surface area (Å²) in [6, 6.07) is 4.50. The Kier molecular flexibility index (Phi) is 6.80. The van der Waals surface area contributed by atoms with Gasteiger partial charge in [0.2, 0.25) is 5.82 Å². The molecule has 2 aromatic rings. The van der Waals surface area contributed by atoms with E-state index in [1.54, 1.807) is 0 Å². The Morgan fingerprint density at radius 1 is 1.41 bits per heavy atom. The minimum absolute atomic E-state index is 0.0457. The number of aliphatic imine (C=N–C) groups is 1. The van der Waals surface area contributed by atoms with E-state index in [0.717, 1.165) is 0 Å². The lowest BCUT2D eigenvalue weighted by atomic mass is 9.94. The molecule has 1 fully saturated rings. The Morgan fingerprint density at radius 3 is 2.83 bits per heavy atom. The number of likely N-dealkylation sites (tertiary alicyclic amines) is 1. The van der Waals surface area contributed by atoms with Crippen LogP contribution in [-0.4, -0.2) is 69.3 Å². The number of hydrogen-bond acceptors (Lipinski definition) is 9. The predicted octanol–water partition coefficient (Wildman–Crippen LogP) is 1.44. The maximum absolute atomic E-state index is 13.4. The molecular weight excluding hydrogens is 449 g/mol. The number of β-amino-alcohol motifs (C(OH)–C–C–N with tert-alkyl or cyclic N) is 1. The van der Waals surface area contributed by atoms with Gasteiger partial charge in [0.15, 0.2) is 11.5 Å². The number of rotatable bonds is 8. The van der Waals surface area contributed by atoms with E-state index in [4.69, 9.17) is 4.63 Å². The number of aliphatic hydroxyl groups is 1. The molecule has 1 aromatic carbocycles. The molecule has 0 amide bonds. The average molecular weight is 472 g/mol.